The molecule has 1 aliphatic rings. The Balaban J connectivity index is 2.19. The van der Waals surface area contributed by atoms with Crippen LogP contribution in [0.4, 0.5) is 13.2 Å². The molecule has 0 spiro atoms. The molecule has 0 fully saturated rings. The topological polar surface area (TPSA) is 50.7 Å². The van der Waals surface area contributed by atoms with Crippen molar-refractivity contribution in [3.8, 4) is 11.5 Å². The van der Waals surface area contributed by atoms with Gasteiger partial charge in [0.05, 0.1) is 5.69 Å². The summed E-state index contributed by atoms with van der Waals surface area (Å²) in [6.07, 6.45) is -2.99. The van der Waals surface area contributed by atoms with Crippen LogP contribution < -0.4 is 5.32 Å². The summed E-state index contributed by atoms with van der Waals surface area (Å²) in [5, 5.41) is 2.86. The van der Waals surface area contributed by atoms with Crippen molar-refractivity contribution in [2.45, 2.75) is 19.3 Å². The number of nitrogens with zero attached hydrogens (tertiary/aromatic N) is 3. The molecule has 0 aromatic carbocycles. The number of aromatic nitrogens is 3. The van der Waals surface area contributed by atoms with Crippen molar-refractivity contribution in [2.24, 2.45) is 0 Å². The molecule has 0 saturated heterocycles. The molecule has 98 valence electrons. The van der Waals surface area contributed by atoms with Gasteiger partial charge in [0.1, 0.15) is 5.69 Å². The van der Waals surface area contributed by atoms with E-state index in [0.29, 0.717) is 17.9 Å². The van der Waals surface area contributed by atoms with Gasteiger partial charge in [-0.15, -0.1) is 0 Å². The first-order chi connectivity index (χ1) is 9.05. The molecular weight excluding hydrogens is 257 g/mol. The lowest BCUT2D eigenvalue weighted by Gasteiger charge is -2.11. The molecule has 3 rings (SSSR count). The molecule has 0 saturated carbocycles. The lowest BCUT2D eigenvalue weighted by Crippen LogP contribution is -2.14. The highest BCUT2D eigenvalue weighted by Gasteiger charge is 2.38. The van der Waals surface area contributed by atoms with Gasteiger partial charge in [-0.3, -0.25) is 4.98 Å². The number of pyridine rings is 1. The maximum atomic E-state index is 13.0. The summed E-state index contributed by atoms with van der Waals surface area (Å²) in [7, 11) is 0. The summed E-state index contributed by atoms with van der Waals surface area (Å²) in [6, 6.07) is 4.96. The third-order valence-electron chi connectivity index (χ3n) is 2.85. The second-order valence-electron chi connectivity index (χ2n) is 4.14. The Morgan fingerprint density at radius 2 is 1.95 bits per heavy atom. The van der Waals surface area contributed by atoms with E-state index in [2.05, 4.69) is 20.3 Å². The number of halogens is 3. The minimum absolute atomic E-state index is 0.00961. The number of rotatable bonds is 1. The Hall–Kier alpha value is -2.02. The van der Waals surface area contributed by atoms with Crippen LogP contribution in [0, 0.1) is 0 Å². The zero-order valence-corrected chi connectivity index (χ0v) is 9.70. The van der Waals surface area contributed by atoms with Crippen LogP contribution in [0.15, 0.2) is 24.4 Å². The van der Waals surface area contributed by atoms with Crippen molar-refractivity contribution < 1.29 is 13.2 Å². The minimum Gasteiger partial charge on any atom is -0.307 e. The summed E-state index contributed by atoms with van der Waals surface area (Å²) < 4.78 is 39.0. The van der Waals surface area contributed by atoms with Gasteiger partial charge in [0.15, 0.2) is 11.5 Å². The van der Waals surface area contributed by atoms with E-state index in [-0.39, 0.29) is 17.9 Å². The number of hydrogen-bond acceptors (Lipinski definition) is 4. The average Bonchev–Trinajstić information content (AvgIpc) is 2.85. The van der Waals surface area contributed by atoms with Crippen molar-refractivity contribution in [3.05, 3.63) is 41.3 Å². The molecule has 0 atom stereocenters. The van der Waals surface area contributed by atoms with Crippen molar-refractivity contribution >= 4 is 0 Å². The van der Waals surface area contributed by atoms with E-state index in [0.717, 1.165) is 0 Å². The normalized spacial score (nSPS) is 14.5. The Morgan fingerprint density at radius 3 is 2.63 bits per heavy atom. The molecule has 4 nitrogen and oxygen atoms in total. The quantitative estimate of drug-likeness (QED) is 0.859. The lowest BCUT2D eigenvalue weighted by atomic mass is 10.1. The number of alkyl halides is 3. The molecule has 2 aromatic rings. The van der Waals surface area contributed by atoms with Gasteiger partial charge in [0.25, 0.3) is 0 Å². The van der Waals surface area contributed by atoms with E-state index in [1.807, 2.05) is 0 Å². The summed E-state index contributed by atoms with van der Waals surface area (Å²) in [6.45, 7) is 0.466. The predicted molar refractivity (Wildman–Crippen MR) is 60.8 cm³/mol. The molecule has 2 aromatic heterocycles. The minimum atomic E-state index is -4.48. The molecule has 0 unspecified atom stereocenters. The van der Waals surface area contributed by atoms with Crippen LogP contribution in [0.1, 0.15) is 17.0 Å². The number of nitrogens with one attached hydrogen (secondary N) is 1. The highest BCUT2D eigenvalue weighted by molar-refractivity contribution is 5.51. The first-order valence-electron chi connectivity index (χ1n) is 5.65. The van der Waals surface area contributed by atoms with Gasteiger partial charge in [-0.25, -0.2) is 9.97 Å². The van der Waals surface area contributed by atoms with Crippen LogP contribution in [0.5, 0.6) is 0 Å². The van der Waals surface area contributed by atoms with Gasteiger partial charge in [-0.1, -0.05) is 6.07 Å². The average molecular weight is 266 g/mol. The maximum Gasteiger partial charge on any atom is 0.433 e. The molecule has 19 heavy (non-hydrogen) atoms. The molecule has 0 aliphatic carbocycles. The van der Waals surface area contributed by atoms with E-state index >= 15 is 0 Å². The van der Waals surface area contributed by atoms with Crippen LogP contribution in [0.3, 0.4) is 0 Å². The van der Waals surface area contributed by atoms with E-state index in [1.54, 1.807) is 18.2 Å². The highest BCUT2D eigenvalue weighted by Crippen LogP contribution is 2.34. The molecule has 0 bridgehead atoms. The van der Waals surface area contributed by atoms with Crippen LogP contribution in [0.2, 0.25) is 0 Å². The largest absolute Gasteiger partial charge is 0.433 e. The van der Waals surface area contributed by atoms with Crippen LogP contribution in [0.25, 0.3) is 11.5 Å². The first kappa shape index (κ1) is 12.0. The molecule has 3 heterocycles. The summed E-state index contributed by atoms with van der Waals surface area (Å²) in [5.74, 6) is 0.00961. The third-order valence-corrected chi connectivity index (χ3v) is 2.85. The third kappa shape index (κ3) is 2.17. The van der Waals surface area contributed by atoms with Crippen molar-refractivity contribution in [1.82, 2.24) is 20.3 Å². The fraction of sp³-hybridized carbons (Fsp3) is 0.250. The summed E-state index contributed by atoms with van der Waals surface area (Å²) >= 11 is 0. The lowest BCUT2D eigenvalue weighted by molar-refractivity contribution is -0.141. The van der Waals surface area contributed by atoms with Gasteiger partial charge in [-0.05, 0) is 12.1 Å². The second-order valence-corrected chi connectivity index (χ2v) is 4.14. The Kier molecular flexibility index (Phi) is 2.70. The van der Waals surface area contributed by atoms with Gasteiger partial charge in [0.2, 0.25) is 0 Å². The van der Waals surface area contributed by atoms with Crippen molar-refractivity contribution in [2.75, 3.05) is 0 Å². The van der Waals surface area contributed by atoms with Crippen LogP contribution in [-0.2, 0) is 19.3 Å². The van der Waals surface area contributed by atoms with E-state index in [9.17, 15) is 13.2 Å². The van der Waals surface area contributed by atoms with Gasteiger partial charge < -0.3 is 5.32 Å². The van der Waals surface area contributed by atoms with Crippen LogP contribution >= 0.6 is 0 Å². The summed E-state index contributed by atoms with van der Waals surface area (Å²) in [5.41, 5.74) is -0.0130. The standard InChI is InChI=1S/C12H9F3N4/c13-12(14,15)10-7-5-16-6-9(7)18-11(19-10)8-3-1-2-4-17-8/h1-4,16H,5-6H2. The van der Waals surface area contributed by atoms with Crippen molar-refractivity contribution in [3.63, 3.8) is 0 Å². The second kappa shape index (κ2) is 4.27. The number of fused-ring (bicyclic) bond motifs is 1. The van der Waals surface area contributed by atoms with E-state index < -0.39 is 11.9 Å². The SMILES string of the molecule is FC(F)(F)c1nc(-c2ccccn2)nc2c1CNC2. The highest BCUT2D eigenvalue weighted by atomic mass is 19.4. The van der Waals surface area contributed by atoms with Crippen LogP contribution in [-0.4, -0.2) is 15.0 Å². The molecule has 0 amide bonds. The van der Waals surface area contributed by atoms with Gasteiger partial charge in [-0.2, -0.15) is 13.2 Å². The fourth-order valence-corrected chi connectivity index (χ4v) is 2.01. The van der Waals surface area contributed by atoms with E-state index in [1.165, 1.54) is 6.20 Å². The monoisotopic (exact) mass is 266 g/mol. The zero-order valence-electron chi connectivity index (χ0n) is 9.70. The Labute approximate surface area is 106 Å². The fourth-order valence-electron chi connectivity index (χ4n) is 2.01. The molecule has 7 heteroatoms. The first-order valence-corrected chi connectivity index (χ1v) is 5.65. The summed E-state index contributed by atoms with van der Waals surface area (Å²) in [4.78, 5) is 11.8. The molecule has 0 radical (unpaired) electrons. The zero-order chi connectivity index (χ0) is 13.5. The molecule has 1 N–H and O–H groups in total. The Bertz CT molecular complexity index is 610. The number of hydrogen-bond donors (Lipinski definition) is 1. The van der Waals surface area contributed by atoms with Gasteiger partial charge >= 0.3 is 6.18 Å². The molecular formula is C12H9F3N4. The maximum absolute atomic E-state index is 13.0. The smallest absolute Gasteiger partial charge is 0.307 e. The van der Waals surface area contributed by atoms with E-state index in [4.69, 9.17) is 0 Å². The predicted octanol–water partition coefficient (Wildman–Crippen LogP) is 2.16. The van der Waals surface area contributed by atoms with Crippen molar-refractivity contribution in [1.29, 1.82) is 0 Å². The Morgan fingerprint density at radius 1 is 1.11 bits per heavy atom. The molecule has 1 aliphatic heterocycles. The van der Waals surface area contributed by atoms with Gasteiger partial charge in [0, 0.05) is 24.8 Å².